The smallest absolute Gasteiger partial charge is 0.343 e. The van der Waals surface area contributed by atoms with E-state index in [9.17, 15) is 30.0 Å². The lowest BCUT2D eigenvalue weighted by molar-refractivity contribution is 0.0714. The van der Waals surface area contributed by atoms with E-state index in [1.807, 2.05) is 0 Å². The number of rotatable bonds is 6. The Morgan fingerprint density at radius 1 is 0.450 bits per heavy atom. The predicted molar refractivity (Wildman–Crippen MR) is 147 cm³/mol. The van der Waals surface area contributed by atoms with Crippen molar-refractivity contribution in [3.63, 3.8) is 0 Å². The predicted octanol–water partition coefficient (Wildman–Crippen LogP) is 6.28. The van der Waals surface area contributed by atoms with Gasteiger partial charge < -0.3 is 29.9 Å². The minimum absolute atomic E-state index is 0.0632. The molecule has 0 spiro atoms. The van der Waals surface area contributed by atoms with Crippen molar-refractivity contribution in [1.82, 2.24) is 0 Å². The van der Waals surface area contributed by atoms with Gasteiger partial charge in [0.1, 0.15) is 11.5 Å². The normalized spacial score (nSPS) is 10.6. The van der Waals surface area contributed by atoms with Crippen molar-refractivity contribution in [3.05, 3.63) is 120 Å². The summed E-state index contributed by atoms with van der Waals surface area (Å²) in [5, 5.41) is 42.8. The quantitative estimate of drug-likeness (QED) is 0.114. The second-order valence-corrected chi connectivity index (χ2v) is 8.71. The summed E-state index contributed by atoms with van der Waals surface area (Å²) in [4.78, 5) is 26.2. The lowest BCUT2D eigenvalue weighted by atomic mass is 9.95. The first-order valence-corrected chi connectivity index (χ1v) is 12.1. The highest BCUT2D eigenvalue weighted by Crippen LogP contribution is 2.56. The van der Waals surface area contributed by atoms with Crippen molar-refractivity contribution >= 4 is 11.9 Å². The van der Waals surface area contributed by atoms with Crippen LogP contribution in [0.3, 0.4) is 0 Å². The van der Waals surface area contributed by atoms with Gasteiger partial charge >= 0.3 is 11.9 Å². The third kappa shape index (κ3) is 5.14. The maximum Gasteiger partial charge on any atom is 0.343 e. The third-order valence-electron chi connectivity index (χ3n) is 6.08. The van der Waals surface area contributed by atoms with Gasteiger partial charge in [0, 0.05) is 0 Å². The van der Waals surface area contributed by atoms with Crippen LogP contribution in [0.1, 0.15) is 20.7 Å². The van der Waals surface area contributed by atoms with Gasteiger partial charge in [-0.05, 0) is 59.7 Å². The Morgan fingerprint density at radius 3 is 1.10 bits per heavy atom. The van der Waals surface area contributed by atoms with Gasteiger partial charge in [0.2, 0.25) is 0 Å². The molecular weight excluding hydrogens is 512 g/mol. The summed E-state index contributed by atoms with van der Waals surface area (Å²) in [6.45, 7) is 0. The molecule has 5 rings (SSSR count). The standard InChI is InChI=1S/C32H22O8/c33-23-15-11-19(12-16-23)25-28(36)30(40-32(38)22-9-5-2-6-10-22)26(20-13-17-24(34)18-14-20)27(35)29(25)39-31(37)21-7-3-1-4-8-21/h1-18,33-36H. The van der Waals surface area contributed by atoms with Gasteiger partial charge in [-0.1, -0.05) is 60.7 Å². The SMILES string of the molecule is O=C(Oc1c(O)c(-c2ccc(O)cc2)c(OC(=O)c2ccccc2)c(O)c1-c1ccc(O)cc1)c1ccccc1. The fraction of sp³-hybridized carbons (Fsp3) is 0. The third-order valence-corrected chi connectivity index (χ3v) is 6.08. The highest BCUT2D eigenvalue weighted by atomic mass is 16.6. The van der Waals surface area contributed by atoms with Crippen LogP contribution in [0.25, 0.3) is 22.3 Å². The Labute approximate surface area is 228 Å². The van der Waals surface area contributed by atoms with Gasteiger partial charge in [-0.2, -0.15) is 0 Å². The number of phenolic OH excluding ortho intramolecular Hbond substituents is 4. The van der Waals surface area contributed by atoms with Crippen LogP contribution in [0.5, 0.6) is 34.5 Å². The molecule has 0 aliphatic carbocycles. The van der Waals surface area contributed by atoms with E-state index >= 15 is 0 Å². The van der Waals surface area contributed by atoms with E-state index in [4.69, 9.17) is 9.47 Å². The van der Waals surface area contributed by atoms with Crippen molar-refractivity contribution in [3.8, 4) is 56.8 Å². The largest absolute Gasteiger partial charge is 0.508 e. The second-order valence-electron chi connectivity index (χ2n) is 8.71. The summed E-state index contributed by atoms with van der Waals surface area (Å²) < 4.78 is 11.3. The number of ether oxygens (including phenoxy) is 2. The van der Waals surface area contributed by atoms with Gasteiger partial charge in [0.05, 0.1) is 22.3 Å². The Hall–Kier alpha value is -5.76. The van der Waals surface area contributed by atoms with Crippen LogP contribution in [-0.2, 0) is 0 Å². The number of hydrogen-bond acceptors (Lipinski definition) is 8. The van der Waals surface area contributed by atoms with E-state index in [1.165, 1.54) is 72.8 Å². The van der Waals surface area contributed by atoms with E-state index in [2.05, 4.69) is 0 Å². The van der Waals surface area contributed by atoms with Crippen molar-refractivity contribution in [2.45, 2.75) is 0 Å². The zero-order valence-corrected chi connectivity index (χ0v) is 20.8. The summed E-state index contributed by atoms with van der Waals surface area (Å²) >= 11 is 0. The van der Waals surface area contributed by atoms with E-state index in [0.29, 0.717) is 0 Å². The molecule has 40 heavy (non-hydrogen) atoms. The van der Waals surface area contributed by atoms with E-state index in [0.717, 1.165) is 0 Å². The van der Waals surface area contributed by atoms with E-state index < -0.39 is 34.9 Å². The number of hydrogen-bond donors (Lipinski definition) is 4. The van der Waals surface area contributed by atoms with Crippen LogP contribution in [-0.4, -0.2) is 32.4 Å². The van der Waals surface area contributed by atoms with Gasteiger partial charge in [-0.3, -0.25) is 0 Å². The van der Waals surface area contributed by atoms with Gasteiger partial charge in [-0.25, -0.2) is 9.59 Å². The van der Waals surface area contributed by atoms with Crippen LogP contribution in [0, 0.1) is 0 Å². The number of esters is 2. The molecule has 8 nitrogen and oxygen atoms in total. The fourth-order valence-electron chi connectivity index (χ4n) is 4.12. The van der Waals surface area contributed by atoms with Crippen LogP contribution in [0.4, 0.5) is 0 Å². The molecule has 4 N–H and O–H groups in total. The lowest BCUT2D eigenvalue weighted by Gasteiger charge is -2.21. The summed E-state index contributed by atoms with van der Waals surface area (Å²) in [5.41, 5.74) is 0.555. The molecule has 0 saturated carbocycles. The van der Waals surface area contributed by atoms with Gasteiger partial charge in [0.15, 0.2) is 23.0 Å². The summed E-state index contributed by atoms with van der Waals surface area (Å²) in [5.74, 6) is -3.78. The van der Waals surface area contributed by atoms with Gasteiger partial charge in [-0.15, -0.1) is 0 Å². The molecule has 5 aromatic rings. The molecule has 0 atom stereocenters. The first-order chi connectivity index (χ1) is 19.3. The van der Waals surface area contributed by atoms with E-state index in [1.54, 1.807) is 36.4 Å². The number of carbonyl (C=O) groups is 2. The fourth-order valence-corrected chi connectivity index (χ4v) is 4.12. The average molecular weight is 535 g/mol. The highest BCUT2D eigenvalue weighted by molar-refractivity contribution is 6.00. The topological polar surface area (TPSA) is 134 Å². The summed E-state index contributed by atoms with van der Waals surface area (Å²) in [6.07, 6.45) is 0. The Kier molecular flexibility index (Phi) is 7.07. The van der Waals surface area contributed by atoms with Crippen molar-refractivity contribution in [2.24, 2.45) is 0 Å². The van der Waals surface area contributed by atoms with Crippen LogP contribution in [0.15, 0.2) is 109 Å². The minimum Gasteiger partial charge on any atom is -0.508 e. The molecular formula is C32H22O8. The zero-order chi connectivity index (χ0) is 28.2. The van der Waals surface area contributed by atoms with Gasteiger partial charge in [0.25, 0.3) is 0 Å². The molecule has 0 saturated heterocycles. The van der Waals surface area contributed by atoms with Crippen molar-refractivity contribution < 1.29 is 39.5 Å². The van der Waals surface area contributed by atoms with Crippen LogP contribution < -0.4 is 9.47 Å². The zero-order valence-electron chi connectivity index (χ0n) is 20.8. The molecule has 0 radical (unpaired) electrons. The molecule has 198 valence electrons. The second kappa shape index (κ2) is 10.9. The summed E-state index contributed by atoms with van der Waals surface area (Å²) in [6, 6.07) is 27.2. The molecule has 0 fully saturated rings. The highest BCUT2D eigenvalue weighted by Gasteiger charge is 2.31. The number of carbonyl (C=O) groups excluding carboxylic acids is 2. The molecule has 0 aliphatic heterocycles. The Morgan fingerprint density at radius 2 is 0.775 bits per heavy atom. The van der Waals surface area contributed by atoms with Crippen molar-refractivity contribution in [1.29, 1.82) is 0 Å². The monoisotopic (exact) mass is 534 g/mol. The summed E-state index contributed by atoms with van der Waals surface area (Å²) in [7, 11) is 0. The molecule has 0 heterocycles. The van der Waals surface area contributed by atoms with Crippen LogP contribution in [0.2, 0.25) is 0 Å². The van der Waals surface area contributed by atoms with Crippen molar-refractivity contribution in [2.75, 3.05) is 0 Å². The first kappa shape index (κ1) is 25.9. The first-order valence-electron chi connectivity index (χ1n) is 12.1. The molecule has 0 amide bonds. The Balaban J connectivity index is 1.77. The van der Waals surface area contributed by atoms with Crippen LogP contribution >= 0.6 is 0 Å². The molecule has 0 aliphatic rings. The molecule has 0 bridgehead atoms. The Bertz CT molecular complexity index is 1550. The molecule has 8 heteroatoms. The lowest BCUT2D eigenvalue weighted by Crippen LogP contribution is -2.12. The molecule has 5 aromatic carbocycles. The number of phenols is 4. The molecule has 0 unspecified atom stereocenters. The molecule has 0 aromatic heterocycles. The number of benzene rings is 5. The average Bonchev–Trinajstić information content (AvgIpc) is 2.98. The van der Waals surface area contributed by atoms with E-state index in [-0.39, 0.29) is 44.9 Å². The minimum atomic E-state index is -0.819. The number of aromatic hydroxyl groups is 4. The maximum atomic E-state index is 13.1. The maximum absolute atomic E-state index is 13.1.